The molecule has 0 saturated carbocycles. The molecule has 0 atom stereocenters. The highest BCUT2D eigenvalue weighted by Crippen LogP contribution is 2.28. The van der Waals surface area contributed by atoms with Crippen molar-refractivity contribution in [1.82, 2.24) is 14.5 Å². The summed E-state index contributed by atoms with van der Waals surface area (Å²) < 4.78 is 1.87. The highest BCUT2D eigenvalue weighted by Gasteiger charge is 2.28. The summed E-state index contributed by atoms with van der Waals surface area (Å²) in [6.07, 6.45) is 9.14. The highest BCUT2D eigenvalue weighted by atomic mass is 16.1. The number of anilines is 2. The molecular formula is C28H32N4O. The molecule has 0 saturated heterocycles. The van der Waals surface area contributed by atoms with Crippen molar-refractivity contribution in [2.75, 3.05) is 18.1 Å². The number of nitrogens with zero attached hydrogens (tertiary/aromatic N) is 4. The lowest BCUT2D eigenvalue weighted by atomic mass is 9.97. The Kier molecular flexibility index (Phi) is 6.40. The number of aromatic nitrogens is 2. The van der Waals surface area contributed by atoms with Crippen molar-refractivity contribution in [2.24, 2.45) is 0 Å². The van der Waals surface area contributed by atoms with Gasteiger partial charge in [-0.05, 0) is 56.7 Å². The summed E-state index contributed by atoms with van der Waals surface area (Å²) in [7, 11) is 0. The molecule has 170 valence electrons. The molecule has 0 radical (unpaired) electrons. The summed E-state index contributed by atoms with van der Waals surface area (Å²) in [5.41, 5.74) is 5.44. The topological polar surface area (TPSA) is 41.4 Å². The van der Waals surface area contributed by atoms with Gasteiger partial charge in [0.15, 0.2) is 0 Å². The molecule has 0 unspecified atom stereocenters. The Morgan fingerprint density at radius 1 is 0.939 bits per heavy atom. The van der Waals surface area contributed by atoms with Gasteiger partial charge >= 0.3 is 0 Å². The van der Waals surface area contributed by atoms with Crippen molar-refractivity contribution < 1.29 is 0 Å². The molecule has 3 aromatic rings. The number of fused-ring (bicyclic) bond motifs is 1. The lowest BCUT2D eigenvalue weighted by molar-refractivity contribution is 0.199. The van der Waals surface area contributed by atoms with Crippen LogP contribution in [0.1, 0.15) is 48.9 Å². The first-order valence-corrected chi connectivity index (χ1v) is 12.1. The van der Waals surface area contributed by atoms with Gasteiger partial charge in [0.05, 0.1) is 19.0 Å². The minimum absolute atomic E-state index is 0.0730. The van der Waals surface area contributed by atoms with Gasteiger partial charge in [0.1, 0.15) is 0 Å². The number of para-hydroxylation sites is 1. The van der Waals surface area contributed by atoms with E-state index < -0.39 is 0 Å². The number of hydrogen-bond donors (Lipinski definition) is 0. The third-order valence-electron chi connectivity index (χ3n) is 6.80. The second kappa shape index (κ2) is 9.75. The zero-order valence-corrected chi connectivity index (χ0v) is 19.4. The van der Waals surface area contributed by atoms with E-state index in [0.29, 0.717) is 13.1 Å². The maximum Gasteiger partial charge on any atom is 0.259 e. The number of benzene rings is 2. The standard InChI is InChI=1S/C28H32N4O/c1-22-26(19-24-13-7-3-8-14-24)27(33)32-21-30(18-17-23-11-5-2-6-12-23)20-31(28(32)29-22)25-15-9-4-10-16-25/h3-4,7-11,13-16H,2,5-6,12,17-21H2,1H3. The van der Waals surface area contributed by atoms with E-state index in [1.54, 1.807) is 5.57 Å². The van der Waals surface area contributed by atoms with Gasteiger partial charge in [0, 0.05) is 24.2 Å². The average molecular weight is 441 g/mol. The van der Waals surface area contributed by atoms with Gasteiger partial charge in [-0.3, -0.25) is 19.2 Å². The van der Waals surface area contributed by atoms with E-state index in [4.69, 9.17) is 4.98 Å². The first-order chi connectivity index (χ1) is 16.2. The summed E-state index contributed by atoms with van der Waals surface area (Å²) in [4.78, 5) is 23.2. The zero-order chi connectivity index (χ0) is 22.6. The van der Waals surface area contributed by atoms with Gasteiger partial charge < -0.3 is 0 Å². The van der Waals surface area contributed by atoms with Gasteiger partial charge in [-0.2, -0.15) is 0 Å². The predicted octanol–water partition coefficient (Wildman–Crippen LogP) is 5.40. The molecule has 2 heterocycles. The Labute approximate surface area is 196 Å². The molecule has 1 aliphatic heterocycles. The third kappa shape index (κ3) is 4.79. The first-order valence-electron chi connectivity index (χ1n) is 12.1. The summed E-state index contributed by atoms with van der Waals surface area (Å²) in [6, 6.07) is 20.5. The molecule has 0 bridgehead atoms. The summed E-state index contributed by atoms with van der Waals surface area (Å²) in [6.45, 7) is 4.23. The van der Waals surface area contributed by atoms with Crippen LogP contribution in [0.4, 0.5) is 11.6 Å². The Balaban J connectivity index is 1.49. The summed E-state index contributed by atoms with van der Waals surface area (Å²) in [5.74, 6) is 0.744. The van der Waals surface area contributed by atoms with E-state index in [2.05, 4.69) is 40.1 Å². The molecule has 0 N–H and O–H groups in total. The quantitative estimate of drug-likeness (QED) is 0.481. The molecular weight excluding hydrogens is 408 g/mol. The molecule has 33 heavy (non-hydrogen) atoms. The van der Waals surface area contributed by atoms with Crippen molar-refractivity contribution in [1.29, 1.82) is 0 Å². The van der Waals surface area contributed by atoms with Crippen molar-refractivity contribution in [3.63, 3.8) is 0 Å². The van der Waals surface area contributed by atoms with Crippen molar-refractivity contribution in [2.45, 2.75) is 52.1 Å². The fourth-order valence-corrected chi connectivity index (χ4v) is 4.91. The fraction of sp³-hybridized carbons (Fsp3) is 0.357. The van der Waals surface area contributed by atoms with Crippen LogP contribution in [0.2, 0.25) is 0 Å². The van der Waals surface area contributed by atoms with Crippen molar-refractivity contribution in [3.05, 3.63) is 99.5 Å². The van der Waals surface area contributed by atoms with Crippen LogP contribution in [0.25, 0.3) is 0 Å². The molecule has 0 amide bonds. The van der Waals surface area contributed by atoms with Crippen LogP contribution in [-0.4, -0.2) is 27.7 Å². The third-order valence-corrected chi connectivity index (χ3v) is 6.80. The van der Waals surface area contributed by atoms with E-state index in [1.807, 2.05) is 47.9 Å². The minimum atomic E-state index is 0.0730. The van der Waals surface area contributed by atoms with E-state index in [9.17, 15) is 4.79 Å². The molecule has 0 spiro atoms. The average Bonchev–Trinajstić information content (AvgIpc) is 2.87. The predicted molar refractivity (Wildman–Crippen MR) is 134 cm³/mol. The van der Waals surface area contributed by atoms with Gasteiger partial charge in [0.25, 0.3) is 5.56 Å². The summed E-state index contributed by atoms with van der Waals surface area (Å²) in [5, 5.41) is 0. The fourth-order valence-electron chi connectivity index (χ4n) is 4.91. The largest absolute Gasteiger partial charge is 0.298 e. The Hall–Kier alpha value is -3.18. The van der Waals surface area contributed by atoms with Crippen LogP contribution in [0.15, 0.2) is 77.1 Å². The Bertz CT molecular complexity index is 1180. The highest BCUT2D eigenvalue weighted by molar-refractivity contribution is 5.58. The molecule has 5 nitrogen and oxygen atoms in total. The second-order valence-electron chi connectivity index (χ2n) is 9.17. The summed E-state index contributed by atoms with van der Waals surface area (Å²) >= 11 is 0. The van der Waals surface area contributed by atoms with Crippen LogP contribution < -0.4 is 10.5 Å². The maximum absolute atomic E-state index is 13.7. The normalized spacial score (nSPS) is 16.4. The van der Waals surface area contributed by atoms with E-state index >= 15 is 0 Å². The van der Waals surface area contributed by atoms with Crippen LogP contribution in [0, 0.1) is 6.92 Å². The smallest absolute Gasteiger partial charge is 0.259 e. The van der Waals surface area contributed by atoms with Crippen LogP contribution >= 0.6 is 0 Å². The van der Waals surface area contributed by atoms with Crippen molar-refractivity contribution >= 4 is 11.6 Å². The van der Waals surface area contributed by atoms with Gasteiger partial charge in [-0.1, -0.05) is 60.2 Å². The number of hydrogen-bond acceptors (Lipinski definition) is 4. The lowest BCUT2D eigenvalue weighted by Crippen LogP contribution is -2.48. The van der Waals surface area contributed by atoms with Crippen LogP contribution in [0.3, 0.4) is 0 Å². The van der Waals surface area contributed by atoms with Gasteiger partial charge in [-0.25, -0.2) is 4.98 Å². The molecule has 2 aromatic carbocycles. The molecule has 0 fully saturated rings. The molecule has 1 aromatic heterocycles. The minimum Gasteiger partial charge on any atom is -0.298 e. The number of aryl methyl sites for hydroxylation is 1. The number of rotatable bonds is 6. The molecule has 5 rings (SSSR count). The van der Waals surface area contributed by atoms with Crippen molar-refractivity contribution in [3.8, 4) is 0 Å². The van der Waals surface area contributed by atoms with E-state index in [0.717, 1.165) is 48.1 Å². The lowest BCUT2D eigenvalue weighted by Gasteiger charge is -2.38. The second-order valence-corrected chi connectivity index (χ2v) is 9.17. The van der Waals surface area contributed by atoms with Gasteiger partial charge in [-0.15, -0.1) is 0 Å². The maximum atomic E-state index is 13.7. The van der Waals surface area contributed by atoms with Crippen LogP contribution in [0.5, 0.6) is 0 Å². The monoisotopic (exact) mass is 440 g/mol. The zero-order valence-electron chi connectivity index (χ0n) is 19.4. The van der Waals surface area contributed by atoms with Crippen LogP contribution in [-0.2, 0) is 13.1 Å². The van der Waals surface area contributed by atoms with E-state index in [-0.39, 0.29) is 5.56 Å². The first kappa shape index (κ1) is 21.7. The molecule has 1 aliphatic carbocycles. The Morgan fingerprint density at radius 2 is 1.70 bits per heavy atom. The SMILES string of the molecule is Cc1nc2n(c(=O)c1Cc1ccccc1)CN(CCC1=CCCCC1)CN2c1ccccc1. The van der Waals surface area contributed by atoms with E-state index in [1.165, 1.54) is 25.7 Å². The molecule has 2 aliphatic rings. The Morgan fingerprint density at radius 3 is 2.42 bits per heavy atom. The molecule has 5 heteroatoms. The number of allylic oxidation sites excluding steroid dienone is 1. The van der Waals surface area contributed by atoms with Gasteiger partial charge in [0.2, 0.25) is 5.95 Å².